The van der Waals surface area contributed by atoms with Gasteiger partial charge in [0.15, 0.2) is 0 Å². The number of aliphatic carboxylic acids is 1. The van der Waals surface area contributed by atoms with E-state index in [1.165, 1.54) is 19.1 Å². The number of urea groups is 1. The maximum absolute atomic E-state index is 11.4. The van der Waals surface area contributed by atoms with Crippen molar-refractivity contribution < 1.29 is 19.6 Å². The number of nitro benzene ring substituents is 1. The van der Waals surface area contributed by atoms with Gasteiger partial charge in [-0.1, -0.05) is 11.6 Å². The molecule has 1 atom stereocenters. The fraction of sp³-hybridized carbons (Fsp3) is 0.200. The summed E-state index contributed by atoms with van der Waals surface area (Å²) in [6.07, 6.45) is 0. The van der Waals surface area contributed by atoms with Crippen molar-refractivity contribution in [1.29, 1.82) is 0 Å². The van der Waals surface area contributed by atoms with Crippen molar-refractivity contribution >= 4 is 35.0 Å². The molecule has 1 rings (SSSR count). The molecule has 0 spiro atoms. The van der Waals surface area contributed by atoms with Crippen LogP contribution in [0.25, 0.3) is 0 Å². The minimum atomic E-state index is -1.20. The Kier molecular flexibility index (Phi) is 4.65. The molecule has 1 aromatic carbocycles. The van der Waals surface area contributed by atoms with Gasteiger partial charge in [0.2, 0.25) is 0 Å². The number of nitrogens with zero attached hydrogens (tertiary/aromatic N) is 1. The summed E-state index contributed by atoms with van der Waals surface area (Å²) in [6.45, 7) is 1.28. The number of carboxylic acid groups (broad SMARTS) is 1. The molecule has 0 unspecified atom stereocenters. The van der Waals surface area contributed by atoms with Crippen LogP contribution < -0.4 is 10.6 Å². The van der Waals surface area contributed by atoms with E-state index in [0.717, 1.165) is 6.07 Å². The lowest BCUT2D eigenvalue weighted by molar-refractivity contribution is -0.384. The van der Waals surface area contributed by atoms with E-state index in [1.807, 2.05) is 0 Å². The number of carbonyl (C=O) groups excluding carboxylic acids is 1. The number of benzene rings is 1. The number of rotatable bonds is 4. The number of nitro groups is 1. The van der Waals surface area contributed by atoms with Crippen LogP contribution in [0.3, 0.4) is 0 Å². The van der Waals surface area contributed by atoms with Crippen molar-refractivity contribution in [2.24, 2.45) is 0 Å². The highest BCUT2D eigenvalue weighted by atomic mass is 35.5. The highest BCUT2D eigenvalue weighted by Crippen LogP contribution is 2.27. The molecule has 0 saturated carbocycles. The van der Waals surface area contributed by atoms with E-state index in [2.05, 4.69) is 10.6 Å². The molecule has 3 N–H and O–H groups in total. The number of halogens is 1. The van der Waals surface area contributed by atoms with Crippen molar-refractivity contribution in [3.05, 3.63) is 33.3 Å². The van der Waals surface area contributed by atoms with Crippen molar-refractivity contribution in [1.82, 2.24) is 5.32 Å². The second-order valence-electron chi connectivity index (χ2n) is 3.58. The molecule has 0 bridgehead atoms. The zero-order valence-electron chi connectivity index (χ0n) is 9.71. The van der Waals surface area contributed by atoms with Crippen LogP contribution in [0.2, 0.25) is 5.02 Å². The first-order valence-electron chi connectivity index (χ1n) is 5.05. The largest absolute Gasteiger partial charge is 0.480 e. The molecule has 1 aromatic rings. The summed E-state index contributed by atoms with van der Waals surface area (Å²) in [4.78, 5) is 31.9. The molecule has 0 heterocycles. The standard InChI is InChI=1S/C10H10ClN3O5/c1-5(9(15)16)12-10(17)13-6-2-3-7(11)8(4-6)14(18)19/h2-5H,1H3,(H,15,16)(H2,12,13,17)/t5-/m0/s1. The van der Waals surface area contributed by atoms with Crippen LogP contribution >= 0.6 is 11.6 Å². The second kappa shape index (κ2) is 6.01. The molecular formula is C10H10ClN3O5. The lowest BCUT2D eigenvalue weighted by Gasteiger charge is -2.10. The van der Waals surface area contributed by atoms with Gasteiger partial charge in [0, 0.05) is 11.8 Å². The third-order valence-corrected chi connectivity index (χ3v) is 2.44. The summed E-state index contributed by atoms with van der Waals surface area (Å²) >= 11 is 5.61. The highest BCUT2D eigenvalue weighted by molar-refractivity contribution is 6.32. The average Bonchev–Trinajstić information content (AvgIpc) is 2.30. The Morgan fingerprint density at radius 1 is 1.47 bits per heavy atom. The van der Waals surface area contributed by atoms with E-state index in [9.17, 15) is 19.7 Å². The molecule has 8 nitrogen and oxygen atoms in total. The van der Waals surface area contributed by atoms with Gasteiger partial charge < -0.3 is 15.7 Å². The molecule has 0 aliphatic heterocycles. The number of nitrogens with one attached hydrogen (secondary N) is 2. The molecule has 0 aliphatic carbocycles. The minimum absolute atomic E-state index is 0.0603. The molecule has 9 heteroatoms. The van der Waals surface area contributed by atoms with E-state index in [1.54, 1.807) is 0 Å². The summed E-state index contributed by atoms with van der Waals surface area (Å²) in [5.74, 6) is -1.20. The first-order valence-corrected chi connectivity index (χ1v) is 5.43. The molecule has 19 heavy (non-hydrogen) atoms. The predicted octanol–water partition coefficient (Wildman–Crippen LogP) is 1.84. The summed E-state index contributed by atoms with van der Waals surface area (Å²) < 4.78 is 0. The highest BCUT2D eigenvalue weighted by Gasteiger charge is 2.16. The van der Waals surface area contributed by atoms with Crippen LogP contribution in [0.4, 0.5) is 16.2 Å². The maximum Gasteiger partial charge on any atom is 0.325 e. The van der Waals surface area contributed by atoms with Crippen LogP contribution in [-0.4, -0.2) is 28.1 Å². The van der Waals surface area contributed by atoms with Crippen molar-refractivity contribution in [3.63, 3.8) is 0 Å². The van der Waals surface area contributed by atoms with E-state index in [4.69, 9.17) is 16.7 Å². The number of anilines is 1. The lowest BCUT2D eigenvalue weighted by Crippen LogP contribution is -2.40. The SMILES string of the molecule is C[C@H](NC(=O)Nc1ccc(Cl)c([N+](=O)[O-])c1)C(=O)O. The third-order valence-electron chi connectivity index (χ3n) is 2.12. The number of carbonyl (C=O) groups is 2. The fourth-order valence-electron chi connectivity index (χ4n) is 1.16. The van der Waals surface area contributed by atoms with E-state index in [0.29, 0.717) is 0 Å². The Hall–Kier alpha value is -2.35. The van der Waals surface area contributed by atoms with Gasteiger partial charge >= 0.3 is 12.0 Å². The number of hydrogen-bond donors (Lipinski definition) is 3. The normalized spacial score (nSPS) is 11.5. The Labute approximate surface area is 112 Å². The maximum atomic E-state index is 11.4. The van der Waals surface area contributed by atoms with E-state index >= 15 is 0 Å². The zero-order chi connectivity index (χ0) is 14.6. The fourth-order valence-corrected chi connectivity index (χ4v) is 1.34. The van der Waals surface area contributed by atoms with Crippen LogP contribution in [0, 0.1) is 10.1 Å². The second-order valence-corrected chi connectivity index (χ2v) is 3.99. The molecule has 0 aliphatic rings. The Morgan fingerprint density at radius 2 is 2.11 bits per heavy atom. The Morgan fingerprint density at radius 3 is 2.63 bits per heavy atom. The van der Waals surface area contributed by atoms with Gasteiger partial charge in [0.05, 0.1) is 4.92 Å². The summed E-state index contributed by atoms with van der Waals surface area (Å²) in [5, 5.41) is 23.6. The minimum Gasteiger partial charge on any atom is -0.480 e. The first kappa shape index (κ1) is 14.7. The number of carboxylic acids is 1. The average molecular weight is 288 g/mol. The number of amides is 2. The van der Waals surface area contributed by atoms with E-state index < -0.39 is 23.0 Å². The summed E-state index contributed by atoms with van der Waals surface area (Å²) in [7, 11) is 0. The smallest absolute Gasteiger partial charge is 0.325 e. The third kappa shape index (κ3) is 4.11. The van der Waals surface area contributed by atoms with Crippen LogP contribution in [0.5, 0.6) is 0 Å². The summed E-state index contributed by atoms with van der Waals surface area (Å²) in [5.41, 5.74) is -0.225. The molecule has 102 valence electrons. The van der Waals surface area contributed by atoms with Crippen molar-refractivity contribution in [2.45, 2.75) is 13.0 Å². The van der Waals surface area contributed by atoms with Gasteiger partial charge in [-0.25, -0.2) is 4.79 Å². The summed E-state index contributed by atoms with van der Waals surface area (Å²) in [6, 6.07) is 1.83. The molecule has 0 radical (unpaired) electrons. The van der Waals surface area contributed by atoms with Gasteiger partial charge in [0.1, 0.15) is 11.1 Å². The van der Waals surface area contributed by atoms with Gasteiger partial charge in [-0.15, -0.1) is 0 Å². The van der Waals surface area contributed by atoms with Gasteiger partial charge in [-0.3, -0.25) is 14.9 Å². The van der Waals surface area contributed by atoms with Crippen LogP contribution in [-0.2, 0) is 4.79 Å². The lowest BCUT2D eigenvalue weighted by atomic mass is 10.3. The first-order chi connectivity index (χ1) is 8.81. The molecule has 2 amide bonds. The van der Waals surface area contributed by atoms with E-state index in [-0.39, 0.29) is 16.4 Å². The monoisotopic (exact) mass is 287 g/mol. The van der Waals surface area contributed by atoms with Gasteiger partial charge in [-0.05, 0) is 19.1 Å². The molecule has 0 saturated heterocycles. The van der Waals surface area contributed by atoms with Gasteiger partial charge in [0.25, 0.3) is 5.69 Å². The van der Waals surface area contributed by atoms with Crippen LogP contribution in [0.15, 0.2) is 18.2 Å². The van der Waals surface area contributed by atoms with Crippen LogP contribution in [0.1, 0.15) is 6.92 Å². The predicted molar refractivity (Wildman–Crippen MR) is 67.4 cm³/mol. The topological polar surface area (TPSA) is 122 Å². The number of hydrogen-bond acceptors (Lipinski definition) is 4. The van der Waals surface area contributed by atoms with Crippen molar-refractivity contribution in [2.75, 3.05) is 5.32 Å². The zero-order valence-corrected chi connectivity index (χ0v) is 10.5. The quantitative estimate of drug-likeness (QED) is 0.576. The van der Waals surface area contributed by atoms with Crippen molar-refractivity contribution in [3.8, 4) is 0 Å². The molecular weight excluding hydrogens is 278 g/mol. The molecule has 0 aromatic heterocycles. The molecule has 0 fully saturated rings. The Bertz CT molecular complexity index is 534. The Balaban J connectivity index is 2.78. The van der Waals surface area contributed by atoms with Gasteiger partial charge in [-0.2, -0.15) is 0 Å².